The molecule has 1 aromatic carbocycles. The van der Waals surface area contributed by atoms with Crippen LogP contribution in [0.5, 0.6) is 0 Å². The standard InChI is InChI=1S/C47H57N3O2S5Si/c1-12-16-26(14-3)24-58(25-27(15-4)17-13-2)32-22-31(55-42(32)43-33(58)23-35(56-43)47(8,9)10)28-18-19-29(53-28)36-38-39(45(52)50(11)44(38)51)37(41-40(36)48-57-49-41)30-20-21-34(54-30)46(5,6)7/h18-23,26-27H,12-17,24-25H2,1-11H3. The highest BCUT2D eigenvalue weighted by Crippen LogP contribution is 2.52. The minimum atomic E-state index is -2.14. The fraction of sp³-hybridized carbons (Fsp3) is 0.489. The van der Waals surface area contributed by atoms with Crippen LogP contribution in [0.15, 0.2) is 36.4 Å². The molecule has 306 valence electrons. The molecule has 11 heteroatoms. The summed E-state index contributed by atoms with van der Waals surface area (Å²) in [6, 6.07) is 16.6. The molecule has 5 aromatic heterocycles. The van der Waals surface area contributed by atoms with Gasteiger partial charge in [0.1, 0.15) is 19.1 Å². The van der Waals surface area contributed by atoms with Crippen LogP contribution < -0.4 is 10.4 Å². The molecule has 0 radical (unpaired) electrons. The smallest absolute Gasteiger partial charge is 0.262 e. The van der Waals surface area contributed by atoms with Crippen LogP contribution in [0.3, 0.4) is 0 Å². The number of nitrogens with zero attached hydrogens (tertiary/aromatic N) is 3. The Morgan fingerprint density at radius 2 is 1.10 bits per heavy atom. The highest BCUT2D eigenvalue weighted by atomic mass is 32.1. The molecular formula is C47H57N3O2S5Si. The fourth-order valence-corrected chi connectivity index (χ4v) is 22.8. The van der Waals surface area contributed by atoms with Crippen molar-refractivity contribution in [2.45, 2.75) is 131 Å². The van der Waals surface area contributed by atoms with Crippen LogP contribution in [-0.4, -0.2) is 40.6 Å². The van der Waals surface area contributed by atoms with Gasteiger partial charge in [0, 0.05) is 57.2 Å². The number of thiophene rings is 4. The third-order valence-corrected chi connectivity index (χ3v) is 24.7. The van der Waals surface area contributed by atoms with Crippen LogP contribution in [-0.2, 0) is 10.8 Å². The van der Waals surface area contributed by atoms with Crippen LogP contribution in [0.1, 0.15) is 138 Å². The van der Waals surface area contributed by atoms with Gasteiger partial charge in [-0.1, -0.05) is 108 Å². The molecule has 0 fully saturated rings. The van der Waals surface area contributed by atoms with Crippen LogP contribution in [0, 0.1) is 11.8 Å². The molecule has 0 N–H and O–H groups in total. The summed E-state index contributed by atoms with van der Waals surface area (Å²) in [5.41, 5.74) is 3.87. The molecule has 58 heavy (non-hydrogen) atoms. The zero-order chi connectivity index (χ0) is 41.5. The molecule has 0 saturated heterocycles. The van der Waals surface area contributed by atoms with Crippen molar-refractivity contribution in [1.29, 1.82) is 0 Å². The second kappa shape index (κ2) is 15.6. The molecule has 2 unspecified atom stereocenters. The van der Waals surface area contributed by atoms with Crippen LogP contribution >= 0.6 is 57.1 Å². The van der Waals surface area contributed by atoms with Gasteiger partial charge in [0.2, 0.25) is 0 Å². The molecule has 2 aliphatic heterocycles. The number of rotatable bonds is 13. The first kappa shape index (κ1) is 41.9. The van der Waals surface area contributed by atoms with E-state index in [1.165, 1.54) is 79.9 Å². The van der Waals surface area contributed by atoms with Crippen molar-refractivity contribution in [2.75, 3.05) is 7.05 Å². The normalized spacial score (nSPS) is 17.7. The maximum atomic E-state index is 14.1. The predicted molar refractivity (Wildman–Crippen MR) is 257 cm³/mol. The molecule has 0 spiro atoms. The van der Waals surface area contributed by atoms with Gasteiger partial charge in [-0.3, -0.25) is 14.5 Å². The molecular weight excluding hydrogens is 827 g/mol. The Bertz CT molecular complexity index is 2520. The summed E-state index contributed by atoms with van der Waals surface area (Å²) in [7, 11) is -0.537. The average molecular weight is 884 g/mol. The van der Waals surface area contributed by atoms with Crippen molar-refractivity contribution in [3.05, 3.63) is 57.3 Å². The van der Waals surface area contributed by atoms with Crippen LogP contribution in [0.25, 0.3) is 51.4 Å². The van der Waals surface area contributed by atoms with Crippen molar-refractivity contribution in [1.82, 2.24) is 13.6 Å². The lowest BCUT2D eigenvalue weighted by Crippen LogP contribution is -2.56. The first-order valence-electron chi connectivity index (χ1n) is 21.2. The first-order valence-corrected chi connectivity index (χ1v) is 27.6. The second-order valence-electron chi connectivity index (χ2n) is 18.8. The van der Waals surface area contributed by atoms with Gasteiger partial charge in [0.15, 0.2) is 0 Å². The summed E-state index contributed by atoms with van der Waals surface area (Å²) in [6.07, 6.45) is 7.55. The van der Waals surface area contributed by atoms with E-state index in [9.17, 15) is 9.59 Å². The van der Waals surface area contributed by atoms with E-state index in [0.717, 1.165) is 44.4 Å². The molecule has 0 aliphatic carbocycles. The summed E-state index contributed by atoms with van der Waals surface area (Å²) < 4.78 is 9.68. The van der Waals surface area contributed by atoms with Crippen LogP contribution in [0.2, 0.25) is 12.1 Å². The first-order chi connectivity index (χ1) is 27.6. The number of aromatic nitrogens is 2. The second-order valence-corrected chi connectivity index (χ2v) is 27.6. The molecule has 2 amide bonds. The lowest BCUT2D eigenvalue weighted by atomic mass is 9.93. The van der Waals surface area contributed by atoms with Crippen molar-refractivity contribution >= 4 is 98.4 Å². The number of carbonyl (C=O) groups is 2. The number of imide groups is 1. The van der Waals surface area contributed by atoms with Crippen molar-refractivity contribution < 1.29 is 9.59 Å². The molecule has 0 saturated carbocycles. The summed E-state index contributed by atoms with van der Waals surface area (Å²) in [4.78, 5) is 39.7. The molecule has 5 nitrogen and oxygen atoms in total. The van der Waals surface area contributed by atoms with Gasteiger partial charge < -0.3 is 0 Å². The molecule has 0 bridgehead atoms. The molecule has 2 atom stereocenters. The SMILES string of the molecule is CCCC(CC)C[Si]1(CC(CC)CCC)c2cc(-c3ccc(-c4c5c(c(-c6ccc(C(C)(C)C)s6)c6nsnc46)C(=O)N(C)C5=O)s3)sc2-c2sc(C(C)(C)C)cc21. The van der Waals surface area contributed by atoms with E-state index in [1.807, 2.05) is 11.3 Å². The minimum absolute atomic E-state index is 0.0417. The Kier molecular flexibility index (Phi) is 11.3. The van der Waals surface area contributed by atoms with E-state index in [4.69, 9.17) is 8.75 Å². The van der Waals surface area contributed by atoms with Crippen LogP contribution in [0.4, 0.5) is 0 Å². The Morgan fingerprint density at radius 1 is 0.603 bits per heavy atom. The van der Waals surface area contributed by atoms with Crippen molar-refractivity contribution in [3.8, 4) is 40.4 Å². The number of hydrogen-bond donors (Lipinski definition) is 0. The zero-order valence-electron chi connectivity index (χ0n) is 36.0. The maximum Gasteiger partial charge on any atom is 0.262 e. The van der Waals surface area contributed by atoms with E-state index in [-0.39, 0.29) is 22.6 Å². The highest BCUT2D eigenvalue weighted by Gasteiger charge is 2.50. The Labute approximate surface area is 366 Å². The van der Waals surface area contributed by atoms with Gasteiger partial charge in [0.05, 0.1) is 22.9 Å². The quantitative estimate of drug-likeness (QED) is 0.0856. The molecule has 2 aliphatic rings. The molecule has 8 rings (SSSR count). The van der Waals surface area contributed by atoms with Gasteiger partial charge >= 0.3 is 0 Å². The van der Waals surface area contributed by atoms with Gasteiger partial charge in [-0.2, -0.15) is 8.75 Å². The topological polar surface area (TPSA) is 63.2 Å². The average Bonchev–Trinajstić information content (AvgIpc) is 4.03. The maximum absolute atomic E-state index is 14.1. The monoisotopic (exact) mass is 883 g/mol. The Balaban J connectivity index is 1.30. The summed E-state index contributed by atoms with van der Waals surface area (Å²) in [6.45, 7) is 23.3. The van der Waals surface area contributed by atoms with E-state index >= 15 is 0 Å². The number of benzene rings is 1. The number of hydrogen-bond acceptors (Lipinski definition) is 9. The van der Waals surface area contributed by atoms with E-state index < -0.39 is 8.07 Å². The third-order valence-electron chi connectivity index (χ3n) is 12.7. The lowest BCUT2D eigenvalue weighted by molar-refractivity contribution is 0.0693. The number of carbonyl (C=O) groups excluding carboxylic acids is 2. The third kappa shape index (κ3) is 6.87. The Morgan fingerprint density at radius 3 is 1.62 bits per heavy atom. The fourth-order valence-electron chi connectivity index (χ4n) is 9.51. The van der Waals surface area contributed by atoms with Gasteiger partial charge in [-0.25, -0.2) is 0 Å². The summed E-state index contributed by atoms with van der Waals surface area (Å²) in [5.74, 6) is 0.926. The van der Waals surface area contributed by atoms with Gasteiger partial charge in [-0.15, -0.1) is 45.3 Å². The minimum Gasteiger partial charge on any atom is -0.277 e. The van der Waals surface area contributed by atoms with E-state index in [0.29, 0.717) is 22.2 Å². The van der Waals surface area contributed by atoms with Gasteiger partial charge in [0.25, 0.3) is 11.8 Å². The lowest BCUT2D eigenvalue weighted by Gasteiger charge is -2.35. The number of fused-ring (bicyclic) bond motifs is 5. The van der Waals surface area contributed by atoms with E-state index in [2.05, 4.69) is 117 Å². The predicted octanol–water partition coefficient (Wildman–Crippen LogP) is 14.0. The van der Waals surface area contributed by atoms with Gasteiger partial charge in [-0.05, 0) is 81.5 Å². The summed E-state index contributed by atoms with van der Waals surface area (Å²) in [5, 5.41) is 3.41. The summed E-state index contributed by atoms with van der Waals surface area (Å²) >= 11 is 8.60. The number of amides is 2. The highest BCUT2D eigenvalue weighted by molar-refractivity contribution is 7.32. The largest absolute Gasteiger partial charge is 0.277 e. The van der Waals surface area contributed by atoms with Crippen molar-refractivity contribution in [3.63, 3.8) is 0 Å². The van der Waals surface area contributed by atoms with Crippen molar-refractivity contribution in [2.24, 2.45) is 11.8 Å². The molecule has 6 aromatic rings. The molecule has 7 heterocycles. The Hall–Kier alpha value is -2.80. The van der Waals surface area contributed by atoms with E-state index in [1.54, 1.807) is 45.0 Å². The zero-order valence-corrected chi connectivity index (χ0v) is 41.1.